The second-order valence-corrected chi connectivity index (χ2v) is 5.13. The lowest BCUT2D eigenvalue weighted by atomic mass is 10.2. The Hall–Kier alpha value is -0.310. The van der Waals surface area contributed by atoms with Gasteiger partial charge in [-0.1, -0.05) is 12.1 Å². The van der Waals surface area contributed by atoms with E-state index in [0.717, 1.165) is 14.8 Å². The zero-order valence-corrected chi connectivity index (χ0v) is 11.4. The number of rotatable bonds is 1. The molecule has 2 aromatic rings. The number of nitrogens with two attached hydrogens (primary N) is 1. The van der Waals surface area contributed by atoms with Gasteiger partial charge in [0.05, 0.1) is 9.26 Å². The first-order valence-corrected chi connectivity index (χ1v) is 6.09. The van der Waals surface area contributed by atoms with Crippen LogP contribution in [0.15, 0.2) is 24.3 Å². The van der Waals surface area contributed by atoms with Gasteiger partial charge in [0.25, 0.3) is 0 Å². The van der Waals surface area contributed by atoms with Gasteiger partial charge in [-0.05, 0) is 57.3 Å². The van der Waals surface area contributed by atoms with Crippen LogP contribution >= 0.6 is 45.2 Å². The molecule has 0 spiro atoms. The van der Waals surface area contributed by atoms with Gasteiger partial charge in [-0.15, -0.1) is 0 Å². The third-order valence-corrected chi connectivity index (χ3v) is 3.61. The van der Waals surface area contributed by atoms with Crippen LogP contribution in [0.3, 0.4) is 0 Å². The van der Waals surface area contributed by atoms with Gasteiger partial charge in [-0.2, -0.15) is 5.10 Å². The van der Waals surface area contributed by atoms with Crippen molar-refractivity contribution in [1.29, 1.82) is 0 Å². The van der Waals surface area contributed by atoms with Crippen molar-refractivity contribution in [3.63, 3.8) is 0 Å². The molecule has 0 aliphatic carbocycles. The predicted molar refractivity (Wildman–Crippen MR) is 73.9 cm³/mol. The first-order valence-electron chi connectivity index (χ1n) is 3.94. The summed E-state index contributed by atoms with van der Waals surface area (Å²) in [6, 6.07) is 8.20. The van der Waals surface area contributed by atoms with Gasteiger partial charge in [0, 0.05) is 9.13 Å². The molecule has 0 aliphatic heterocycles. The van der Waals surface area contributed by atoms with E-state index in [1.807, 2.05) is 12.1 Å². The number of hydrogen-bond donors (Lipinski definition) is 2. The Bertz CT molecular complexity index is 465. The van der Waals surface area contributed by atoms with Crippen LogP contribution < -0.4 is 5.73 Å². The number of hydrogen-bond acceptors (Lipinski definition) is 2. The van der Waals surface area contributed by atoms with E-state index in [9.17, 15) is 0 Å². The van der Waals surface area contributed by atoms with E-state index in [0.29, 0.717) is 5.82 Å². The van der Waals surface area contributed by atoms with Gasteiger partial charge in [0.15, 0.2) is 5.82 Å². The lowest BCUT2D eigenvalue weighted by Crippen LogP contribution is -1.86. The number of nitrogens with one attached hydrogen (secondary N) is 1. The lowest BCUT2D eigenvalue weighted by Gasteiger charge is -1.98. The number of halogens is 2. The summed E-state index contributed by atoms with van der Waals surface area (Å²) in [4.78, 5) is 0. The zero-order chi connectivity index (χ0) is 10.1. The molecule has 0 unspecified atom stereocenters. The molecule has 0 aliphatic rings. The van der Waals surface area contributed by atoms with E-state index in [1.54, 1.807) is 0 Å². The molecule has 1 aromatic carbocycles. The molecule has 0 amide bonds. The van der Waals surface area contributed by atoms with Crippen molar-refractivity contribution in [3.8, 4) is 11.3 Å². The summed E-state index contributed by atoms with van der Waals surface area (Å²) in [5, 5.41) is 6.90. The highest BCUT2D eigenvalue weighted by molar-refractivity contribution is 14.1. The van der Waals surface area contributed by atoms with Gasteiger partial charge in [-0.3, -0.25) is 5.10 Å². The normalized spacial score (nSPS) is 10.4. The number of nitrogen functional groups attached to an aromatic ring is 1. The molecule has 3 N–H and O–H groups in total. The molecule has 2 rings (SSSR count). The van der Waals surface area contributed by atoms with Gasteiger partial charge >= 0.3 is 0 Å². The second-order valence-electron chi connectivity index (χ2n) is 2.81. The van der Waals surface area contributed by atoms with Gasteiger partial charge in [0.1, 0.15) is 0 Å². The SMILES string of the molecule is Nc1n[nH]c(-c2cccc(I)c2)c1I. The maximum Gasteiger partial charge on any atom is 0.159 e. The minimum atomic E-state index is 0.555. The van der Waals surface area contributed by atoms with Crippen molar-refractivity contribution in [2.45, 2.75) is 0 Å². The first-order chi connectivity index (χ1) is 6.68. The number of benzene rings is 1. The molecule has 0 atom stereocenters. The third-order valence-electron chi connectivity index (χ3n) is 1.85. The monoisotopic (exact) mass is 411 g/mol. The summed E-state index contributed by atoms with van der Waals surface area (Å²) in [7, 11) is 0. The summed E-state index contributed by atoms with van der Waals surface area (Å²) in [5.74, 6) is 0.555. The average molecular weight is 411 g/mol. The molecule has 0 bridgehead atoms. The van der Waals surface area contributed by atoms with Crippen molar-refractivity contribution in [2.75, 3.05) is 5.73 Å². The topological polar surface area (TPSA) is 54.7 Å². The lowest BCUT2D eigenvalue weighted by molar-refractivity contribution is 1.10. The van der Waals surface area contributed by atoms with Crippen LogP contribution in [0.25, 0.3) is 11.3 Å². The highest BCUT2D eigenvalue weighted by atomic mass is 127. The first kappa shape index (κ1) is 10.2. The van der Waals surface area contributed by atoms with E-state index in [-0.39, 0.29) is 0 Å². The van der Waals surface area contributed by atoms with Crippen molar-refractivity contribution in [3.05, 3.63) is 31.4 Å². The van der Waals surface area contributed by atoms with Gasteiger partial charge < -0.3 is 5.73 Å². The average Bonchev–Trinajstić information content (AvgIpc) is 2.48. The van der Waals surface area contributed by atoms with E-state index < -0.39 is 0 Å². The smallest absolute Gasteiger partial charge is 0.159 e. The number of aromatic amines is 1. The molecule has 0 saturated heterocycles. The Labute approximate surface area is 109 Å². The van der Waals surface area contributed by atoms with Crippen LogP contribution in [0.1, 0.15) is 0 Å². The van der Waals surface area contributed by atoms with Crippen molar-refractivity contribution < 1.29 is 0 Å². The summed E-state index contributed by atoms with van der Waals surface area (Å²) in [6.07, 6.45) is 0. The predicted octanol–water partition coefficient (Wildman–Crippen LogP) is 2.87. The Morgan fingerprint density at radius 3 is 2.64 bits per heavy atom. The van der Waals surface area contributed by atoms with Crippen LogP contribution in [0.2, 0.25) is 0 Å². The van der Waals surface area contributed by atoms with E-state index in [4.69, 9.17) is 5.73 Å². The molecular formula is C9H7I2N3. The second kappa shape index (κ2) is 4.05. The molecule has 1 aromatic heterocycles. The van der Waals surface area contributed by atoms with Crippen LogP contribution in [-0.2, 0) is 0 Å². The Morgan fingerprint density at radius 2 is 2.07 bits per heavy atom. The molecule has 0 radical (unpaired) electrons. The summed E-state index contributed by atoms with van der Waals surface area (Å²) in [5.41, 5.74) is 7.77. The molecule has 0 saturated carbocycles. The minimum Gasteiger partial charge on any atom is -0.381 e. The van der Waals surface area contributed by atoms with E-state index in [1.165, 1.54) is 3.57 Å². The largest absolute Gasteiger partial charge is 0.381 e. The fourth-order valence-corrected chi connectivity index (χ4v) is 2.27. The van der Waals surface area contributed by atoms with Crippen LogP contribution in [-0.4, -0.2) is 10.2 Å². The quantitative estimate of drug-likeness (QED) is 0.710. The third kappa shape index (κ3) is 1.88. The van der Waals surface area contributed by atoms with Crippen LogP contribution in [0, 0.1) is 7.14 Å². The fourth-order valence-electron chi connectivity index (χ4n) is 1.18. The number of H-pyrrole nitrogens is 1. The summed E-state index contributed by atoms with van der Waals surface area (Å²) < 4.78 is 2.17. The molecule has 0 fully saturated rings. The fraction of sp³-hybridized carbons (Fsp3) is 0. The molecule has 5 heteroatoms. The Kier molecular flexibility index (Phi) is 2.96. The maximum atomic E-state index is 5.66. The van der Waals surface area contributed by atoms with Crippen LogP contribution in [0.5, 0.6) is 0 Å². The maximum absolute atomic E-state index is 5.66. The van der Waals surface area contributed by atoms with Gasteiger partial charge in [0.2, 0.25) is 0 Å². The standard InChI is InChI=1S/C9H7I2N3/c10-6-3-1-2-5(4-6)8-7(11)9(12)14-13-8/h1-4H,(H3,12,13,14). The Balaban J connectivity index is 2.55. The zero-order valence-electron chi connectivity index (χ0n) is 7.09. The Morgan fingerprint density at radius 1 is 1.29 bits per heavy atom. The highest BCUT2D eigenvalue weighted by Crippen LogP contribution is 2.27. The molecule has 3 nitrogen and oxygen atoms in total. The highest BCUT2D eigenvalue weighted by Gasteiger charge is 2.09. The number of anilines is 1. The minimum absolute atomic E-state index is 0.555. The van der Waals surface area contributed by atoms with Crippen molar-refractivity contribution >= 4 is 51.0 Å². The van der Waals surface area contributed by atoms with E-state index in [2.05, 4.69) is 67.5 Å². The molecular weight excluding hydrogens is 404 g/mol. The summed E-state index contributed by atoms with van der Waals surface area (Å²) in [6.45, 7) is 0. The number of nitrogens with zero attached hydrogens (tertiary/aromatic N) is 1. The molecule has 1 heterocycles. The molecule has 14 heavy (non-hydrogen) atoms. The van der Waals surface area contributed by atoms with Crippen molar-refractivity contribution in [2.24, 2.45) is 0 Å². The van der Waals surface area contributed by atoms with Crippen molar-refractivity contribution in [1.82, 2.24) is 10.2 Å². The van der Waals surface area contributed by atoms with E-state index >= 15 is 0 Å². The molecule has 72 valence electrons. The van der Waals surface area contributed by atoms with Crippen LogP contribution in [0.4, 0.5) is 5.82 Å². The number of aromatic nitrogens is 2. The summed E-state index contributed by atoms with van der Waals surface area (Å²) >= 11 is 4.48. The van der Waals surface area contributed by atoms with Gasteiger partial charge in [-0.25, -0.2) is 0 Å².